The van der Waals surface area contributed by atoms with E-state index in [1.54, 1.807) is 4.90 Å². The number of anilines is 1. The number of hydrogen-bond acceptors (Lipinski definition) is 1. The van der Waals surface area contributed by atoms with Gasteiger partial charge in [0.1, 0.15) is 0 Å². The standard InChI is InChI=1S/C17H16ClNO/c1-17(11-12-6-4-3-5-7-12)14-9-8-13(18)10-15(14)19(2)16(17)20/h3-10H,11H2,1-2H3/t17-/m1/s1. The van der Waals surface area contributed by atoms with Crippen LogP contribution in [0.15, 0.2) is 48.5 Å². The van der Waals surface area contributed by atoms with Crippen molar-refractivity contribution >= 4 is 23.2 Å². The lowest BCUT2D eigenvalue weighted by Gasteiger charge is -2.23. The molecule has 0 spiro atoms. The topological polar surface area (TPSA) is 20.3 Å². The smallest absolute Gasteiger partial charge is 0.237 e. The molecule has 0 fully saturated rings. The van der Waals surface area contributed by atoms with E-state index in [1.807, 2.05) is 50.4 Å². The van der Waals surface area contributed by atoms with Gasteiger partial charge in [-0.15, -0.1) is 0 Å². The number of halogens is 1. The fourth-order valence-electron chi connectivity index (χ4n) is 3.02. The molecule has 2 nitrogen and oxygen atoms in total. The first-order chi connectivity index (χ1) is 9.52. The minimum Gasteiger partial charge on any atom is -0.314 e. The quantitative estimate of drug-likeness (QED) is 0.821. The van der Waals surface area contributed by atoms with Crippen LogP contribution in [0.5, 0.6) is 0 Å². The molecule has 3 rings (SSSR count). The normalized spacial score (nSPS) is 21.1. The van der Waals surface area contributed by atoms with Crippen molar-refractivity contribution in [3.63, 3.8) is 0 Å². The molecule has 1 heterocycles. The van der Waals surface area contributed by atoms with Gasteiger partial charge >= 0.3 is 0 Å². The van der Waals surface area contributed by atoms with E-state index in [0.29, 0.717) is 11.4 Å². The number of amides is 1. The fraction of sp³-hybridized carbons (Fsp3) is 0.235. The van der Waals surface area contributed by atoms with E-state index in [-0.39, 0.29) is 5.91 Å². The lowest BCUT2D eigenvalue weighted by molar-refractivity contribution is -0.122. The van der Waals surface area contributed by atoms with E-state index in [1.165, 1.54) is 5.56 Å². The van der Waals surface area contributed by atoms with E-state index >= 15 is 0 Å². The Kier molecular flexibility index (Phi) is 3.06. The van der Waals surface area contributed by atoms with Gasteiger partial charge in [0, 0.05) is 17.8 Å². The van der Waals surface area contributed by atoms with Crippen LogP contribution in [0.1, 0.15) is 18.1 Å². The zero-order chi connectivity index (χ0) is 14.3. The molecule has 0 aliphatic carbocycles. The Balaban J connectivity index is 2.08. The largest absolute Gasteiger partial charge is 0.314 e. The maximum Gasteiger partial charge on any atom is 0.237 e. The summed E-state index contributed by atoms with van der Waals surface area (Å²) in [5, 5.41) is 0.660. The summed E-state index contributed by atoms with van der Waals surface area (Å²) in [6.45, 7) is 2.01. The maximum absolute atomic E-state index is 12.7. The van der Waals surface area contributed by atoms with Gasteiger partial charge in [-0.25, -0.2) is 0 Å². The predicted molar refractivity (Wildman–Crippen MR) is 82.4 cm³/mol. The van der Waals surface area contributed by atoms with Crippen LogP contribution in [-0.4, -0.2) is 13.0 Å². The van der Waals surface area contributed by atoms with Crippen molar-refractivity contribution in [2.75, 3.05) is 11.9 Å². The van der Waals surface area contributed by atoms with Crippen LogP contribution in [0.2, 0.25) is 5.02 Å². The number of nitrogens with zero attached hydrogens (tertiary/aromatic N) is 1. The average Bonchev–Trinajstić information content (AvgIpc) is 2.62. The zero-order valence-corrected chi connectivity index (χ0v) is 12.3. The first-order valence-corrected chi connectivity index (χ1v) is 7.02. The summed E-state index contributed by atoms with van der Waals surface area (Å²) in [5.74, 6) is 0.124. The van der Waals surface area contributed by atoms with Crippen molar-refractivity contribution in [2.45, 2.75) is 18.8 Å². The van der Waals surface area contributed by atoms with Crippen LogP contribution in [0, 0.1) is 0 Å². The van der Waals surface area contributed by atoms with Gasteiger partial charge in [-0.3, -0.25) is 4.79 Å². The molecular weight excluding hydrogens is 270 g/mol. The zero-order valence-electron chi connectivity index (χ0n) is 11.6. The molecule has 2 aromatic rings. The Morgan fingerprint density at radius 2 is 1.85 bits per heavy atom. The number of benzene rings is 2. The van der Waals surface area contributed by atoms with Crippen LogP contribution in [-0.2, 0) is 16.6 Å². The molecule has 3 heteroatoms. The summed E-state index contributed by atoms with van der Waals surface area (Å²) in [6.07, 6.45) is 0.700. The number of hydrogen-bond donors (Lipinski definition) is 0. The number of fused-ring (bicyclic) bond motifs is 1. The van der Waals surface area contributed by atoms with E-state index in [0.717, 1.165) is 11.3 Å². The fourth-order valence-corrected chi connectivity index (χ4v) is 3.18. The molecule has 1 amide bonds. The van der Waals surface area contributed by atoms with E-state index in [2.05, 4.69) is 12.1 Å². The number of likely N-dealkylation sites (N-methyl/N-ethyl adjacent to an activating group) is 1. The molecule has 0 N–H and O–H groups in total. The van der Waals surface area contributed by atoms with Crippen molar-refractivity contribution in [2.24, 2.45) is 0 Å². The number of carbonyl (C=O) groups is 1. The molecule has 0 saturated heterocycles. The Hall–Kier alpha value is -1.80. The van der Waals surface area contributed by atoms with Crippen molar-refractivity contribution in [3.05, 3.63) is 64.7 Å². The lowest BCUT2D eigenvalue weighted by Crippen LogP contribution is -2.37. The number of carbonyl (C=O) groups excluding carboxylic acids is 1. The third kappa shape index (κ3) is 1.92. The molecule has 0 bridgehead atoms. The molecule has 1 aliphatic rings. The van der Waals surface area contributed by atoms with Gasteiger partial charge in [0.25, 0.3) is 0 Å². The first-order valence-electron chi connectivity index (χ1n) is 6.64. The van der Waals surface area contributed by atoms with Crippen LogP contribution in [0.4, 0.5) is 5.69 Å². The second-order valence-electron chi connectivity index (χ2n) is 5.52. The Labute approximate surface area is 124 Å². The summed E-state index contributed by atoms with van der Waals surface area (Å²) in [6, 6.07) is 15.8. The average molecular weight is 286 g/mol. The molecule has 0 saturated carbocycles. The second kappa shape index (κ2) is 4.64. The molecule has 1 aliphatic heterocycles. The van der Waals surface area contributed by atoms with Crippen LogP contribution in [0.3, 0.4) is 0 Å². The van der Waals surface area contributed by atoms with Gasteiger partial charge in [0.05, 0.1) is 5.41 Å². The van der Waals surface area contributed by atoms with Crippen LogP contribution in [0.25, 0.3) is 0 Å². The van der Waals surface area contributed by atoms with E-state index < -0.39 is 5.41 Å². The highest BCUT2D eigenvalue weighted by atomic mass is 35.5. The van der Waals surface area contributed by atoms with Gasteiger partial charge in [0.2, 0.25) is 5.91 Å². The summed E-state index contributed by atoms with van der Waals surface area (Å²) in [7, 11) is 1.81. The van der Waals surface area contributed by atoms with Gasteiger partial charge < -0.3 is 4.90 Å². The first kappa shape index (κ1) is 13.2. The molecule has 20 heavy (non-hydrogen) atoms. The minimum absolute atomic E-state index is 0.124. The Morgan fingerprint density at radius 1 is 1.15 bits per heavy atom. The molecular formula is C17H16ClNO. The highest BCUT2D eigenvalue weighted by Gasteiger charge is 2.45. The third-order valence-corrected chi connectivity index (χ3v) is 4.33. The molecule has 0 aromatic heterocycles. The van der Waals surface area contributed by atoms with E-state index in [9.17, 15) is 4.79 Å². The molecule has 102 valence electrons. The highest BCUT2D eigenvalue weighted by Crippen LogP contribution is 2.44. The van der Waals surface area contributed by atoms with Crippen LogP contribution >= 0.6 is 11.6 Å². The van der Waals surface area contributed by atoms with Crippen molar-refractivity contribution in [3.8, 4) is 0 Å². The molecule has 2 aromatic carbocycles. The minimum atomic E-state index is -0.518. The Morgan fingerprint density at radius 3 is 2.55 bits per heavy atom. The van der Waals surface area contributed by atoms with Gasteiger partial charge in [-0.2, -0.15) is 0 Å². The molecule has 0 unspecified atom stereocenters. The Bertz CT molecular complexity index is 668. The summed E-state index contributed by atoms with van der Waals surface area (Å²) in [5.41, 5.74) is 2.62. The number of rotatable bonds is 2. The van der Waals surface area contributed by atoms with Gasteiger partial charge in [0.15, 0.2) is 0 Å². The van der Waals surface area contributed by atoms with E-state index in [4.69, 9.17) is 11.6 Å². The summed E-state index contributed by atoms with van der Waals surface area (Å²) >= 11 is 6.05. The van der Waals surface area contributed by atoms with Crippen molar-refractivity contribution in [1.82, 2.24) is 0 Å². The van der Waals surface area contributed by atoms with Crippen molar-refractivity contribution in [1.29, 1.82) is 0 Å². The SMILES string of the molecule is CN1C(=O)[C@](C)(Cc2ccccc2)c2ccc(Cl)cc21. The second-order valence-corrected chi connectivity index (χ2v) is 5.96. The maximum atomic E-state index is 12.7. The lowest BCUT2D eigenvalue weighted by atomic mass is 9.78. The predicted octanol–water partition coefficient (Wildman–Crippen LogP) is 3.82. The monoisotopic (exact) mass is 285 g/mol. The molecule has 1 atom stereocenters. The highest BCUT2D eigenvalue weighted by molar-refractivity contribution is 6.31. The van der Waals surface area contributed by atoms with Crippen LogP contribution < -0.4 is 4.90 Å². The molecule has 0 radical (unpaired) electrons. The van der Waals surface area contributed by atoms with Gasteiger partial charge in [-0.05, 0) is 36.6 Å². The summed E-state index contributed by atoms with van der Waals surface area (Å²) in [4.78, 5) is 14.4. The summed E-state index contributed by atoms with van der Waals surface area (Å²) < 4.78 is 0. The van der Waals surface area contributed by atoms with Gasteiger partial charge in [-0.1, -0.05) is 48.0 Å². The third-order valence-electron chi connectivity index (χ3n) is 4.09. The van der Waals surface area contributed by atoms with Crippen molar-refractivity contribution < 1.29 is 4.79 Å².